The van der Waals surface area contributed by atoms with Crippen LogP contribution in [-0.4, -0.2) is 18.2 Å². The van der Waals surface area contributed by atoms with Crippen LogP contribution >= 0.6 is 27.7 Å². The van der Waals surface area contributed by atoms with Crippen LogP contribution < -0.4 is 14.8 Å². The molecular formula is C22H17BrN2O3S. The van der Waals surface area contributed by atoms with E-state index in [1.807, 2.05) is 36.4 Å². The highest BCUT2D eigenvalue weighted by Gasteiger charge is 2.22. The summed E-state index contributed by atoms with van der Waals surface area (Å²) in [6, 6.07) is 18.0. The summed E-state index contributed by atoms with van der Waals surface area (Å²) in [5, 5.41) is 12.5. The lowest BCUT2D eigenvalue weighted by Crippen LogP contribution is -2.18. The zero-order chi connectivity index (χ0) is 20.4. The van der Waals surface area contributed by atoms with Crippen molar-refractivity contribution in [3.63, 3.8) is 0 Å². The molecule has 1 saturated heterocycles. The van der Waals surface area contributed by atoms with Crippen molar-refractivity contribution < 1.29 is 14.3 Å². The Hall–Kier alpha value is -2.77. The van der Waals surface area contributed by atoms with Crippen molar-refractivity contribution in [3.8, 4) is 11.5 Å². The number of hydrogen-bond donors (Lipinski definition) is 2. The van der Waals surface area contributed by atoms with E-state index in [9.17, 15) is 4.79 Å². The molecular weight excluding hydrogens is 452 g/mol. The summed E-state index contributed by atoms with van der Waals surface area (Å²) in [4.78, 5) is 12.3. The predicted molar refractivity (Wildman–Crippen MR) is 120 cm³/mol. The second-order valence-corrected chi connectivity index (χ2v) is 8.26. The second kappa shape index (κ2) is 8.31. The molecule has 0 radical (unpaired) electrons. The van der Waals surface area contributed by atoms with Gasteiger partial charge in [-0.05, 0) is 67.8 Å². The van der Waals surface area contributed by atoms with Crippen molar-refractivity contribution >= 4 is 55.6 Å². The number of carbonyl (C=O) groups is 1. The Morgan fingerprint density at radius 3 is 2.72 bits per heavy atom. The highest BCUT2D eigenvalue weighted by Crippen LogP contribution is 2.39. The van der Waals surface area contributed by atoms with Gasteiger partial charge in [0.05, 0.1) is 16.5 Å². The SMILES string of the molecule is COc1cc(/C=C2\SC(=N)NC2=O)cc(Br)c1OCc1cccc2ccccc12. The zero-order valence-corrected chi connectivity index (χ0v) is 17.9. The highest BCUT2D eigenvalue weighted by molar-refractivity contribution is 9.10. The van der Waals surface area contributed by atoms with Gasteiger partial charge in [0.1, 0.15) is 6.61 Å². The summed E-state index contributed by atoms with van der Waals surface area (Å²) in [5.74, 6) is 0.884. The largest absolute Gasteiger partial charge is 0.493 e. The third-order valence-electron chi connectivity index (χ3n) is 4.46. The van der Waals surface area contributed by atoms with E-state index in [4.69, 9.17) is 14.9 Å². The minimum atomic E-state index is -0.272. The van der Waals surface area contributed by atoms with Crippen LogP contribution in [-0.2, 0) is 11.4 Å². The van der Waals surface area contributed by atoms with Crippen LogP contribution in [0.5, 0.6) is 11.5 Å². The average Bonchev–Trinajstić information content (AvgIpc) is 3.03. The van der Waals surface area contributed by atoms with Gasteiger partial charge in [0.15, 0.2) is 16.7 Å². The minimum absolute atomic E-state index is 0.127. The Morgan fingerprint density at radius 2 is 1.97 bits per heavy atom. The Morgan fingerprint density at radius 1 is 1.17 bits per heavy atom. The fourth-order valence-electron chi connectivity index (χ4n) is 3.12. The first-order valence-electron chi connectivity index (χ1n) is 8.81. The molecule has 1 fully saturated rings. The van der Waals surface area contributed by atoms with Crippen molar-refractivity contribution in [2.75, 3.05) is 7.11 Å². The Balaban J connectivity index is 1.62. The van der Waals surface area contributed by atoms with Crippen LogP contribution in [0.25, 0.3) is 16.8 Å². The van der Waals surface area contributed by atoms with E-state index in [1.165, 1.54) is 5.39 Å². The highest BCUT2D eigenvalue weighted by atomic mass is 79.9. The number of hydrogen-bond acceptors (Lipinski definition) is 5. The van der Waals surface area contributed by atoms with Gasteiger partial charge >= 0.3 is 0 Å². The number of fused-ring (bicyclic) bond motifs is 1. The van der Waals surface area contributed by atoms with E-state index < -0.39 is 0 Å². The lowest BCUT2D eigenvalue weighted by molar-refractivity contribution is -0.115. The third kappa shape index (κ3) is 4.16. The summed E-state index contributed by atoms with van der Waals surface area (Å²) in [5.41, 5.74) is 1.86. The van der Waals surface area contributed by atoms with E-state index in [2.05, 4.69) is 39.4 Å². The van der Waals surface area contributed by atoms with Gasteiger partial charge in [0, 0.05) is 0 Å². The van der Waals surface area contributed by atoms with Crippen LogP contribution in [0.3, 0.4) is 0 Å². The molecule has 0 unspecified atom stereocenters. The molecule has 0 aromatic heterocycles. The minimum Gasteiger partial charge on any atom is -0.493 e. The maximum absolute atomic E-state index is 11.9. The van der Waals surface area contributed by atoms with Crippen LogP contribution in [0.1, 0.15) is 11.1 Å². The molecule has 0 bridgehead atoms. The summed E-state index contributed by atoms with van der Waals surface area (Å²) >= 11 is 4.65. The maximum atomic E-state index is 11.9. The molecule has 2 N–H and O–H groups in total. The number of methoxy groups -OCH3 is 1. The quantitative estimate of drug-likeness (QED) is 0.496. The molecule has 3 aromatic carbocycles. The van der Waals surface area contributed by atoms with Gasteiger partial charge in [0.25, 0.3) is 5.91 Å². The summed E-state index contributed by atoms with van der Waals surface area (Å²) in [6.45, 7) is 0.395. The summed E-state index contributed by atoms with van der Waals surface area (Å²) in [7, 11) is 1.58. The van der Waals surface area contributed by atoms with Crippen molar-refractivity contribution in [1.82, 2.24) is 5.32 Å². The first-order chi connectivity index (χ1) is 14.0. The lowest BCUT2D eigenvalue weighted by atomic mass is 10.1. The van der Waals surface area contributed by atoms with Gasteiger partial charge in [-0.15, -0.1) is 0 Å². The van der Waals surface area contributed by atoms with Crippen LogP contribution in [0, 0.1) is 5.41 Å². The van der Waals surface area contributed by atoms with E-state index in [0.717, 1.165) is 32.7 Å². The number of halogens is 1. The first kappa shape index (κ1) is 19.5. The molecule has 1 amide bonds. The predicted octanol–water partition coefficient (Wildman–Crippen LogP) is 5.33. The molecule has 0 saturated carbocycles. The van der Waals surface area contributed by atoms with Gasteiger partial charge < -0.3 is 14.8 Å². The molecule has 146 valence electrons. The monoisotopic (exact) mass is 468 g/mol. The molecule has 0 spiro atoms. The van der Waals surface area contributed by atoms with Crippen molar-refractivity contribution in [2.45, 2.75) is 6.61 Å². The standard InChI is InChI=1S/C22H17BrN2O3S/c1-27-18-10-13(11-19-21(26)25-22(24)29-19)9-17(23)20(18)28-12-15-7-4-6-14-5-2-3-8-16(14)15/h2-11H,12H2,1H3,(H2,24,25,26)/b19-11-. The number of benzene rings is 3. The summed E-state index contributed by atoms with van der Waals surface area (Å²) in [6.07, 6.45) is 1.73. The number of rotatable bonds is 5. The van der Waals surface area contributed by atoms with Gasteiger partial charge in [-0.3, -0.25) is 10.2 Å². The van der Waals surface area contributed by atoms with Gasteiger partial charge in [-0.1, -0.05) is 42.5 Å². The molecule has 1 aliphatic rings. The molecule has 1 aliphatic heterocycles. The maximum Gasteiger partial charge on any atom is 0.264 e. The average molecular weight is 469 g/mol. The van der Waals surface area contributed by atoms with Gasteiger partial charge in [0.2, 0.25) is 0 Å². The smallest absolute Gasteiger partial charge is 0.264 e. The molecule has 29 heavy (non-hydrogen) atoms. The Labute approximate surface area is 180 Å². The second-order valence-electron chi connectivity index (χ2n) is 6.35. The van der Waals surface area contributed by atoms with E-state index >= 15 is 0 Å². The molecule has 1 heterocycles. The van der Waals surface area contributed by atoms with Gasteiger partial charge in [-0.2, -0.15) is 0 Å². The van der Waals surface area contributed by atoms with E-state index in [0.29, 0.717) is 23.0 Å². The molecule has 0 aliphatic carbocycles. The van der Waals surface area contributed by atoms with Crippen LogP contribution in [0.4, 0.5) is 0 Å². The third-order valence-corrected chi connectivity index (χ3v) is 5.88. The molecule has 5 nitrogen and oxygen atoms in total. The number of amidine groups is 1. The number of carbonyl (C=O) groups excluding carboxylic acids is 1. The first-order valence-corrected chi connectivity index (χ1v) is 10.4. The van der Waals surface area contributed by atoms with Gasteiger partial charge in [-0.25, -0.2) is 0 Å². The topological polar surface area (TPSA) is 71.4 Å². The molecule has 4 rings (SSSR count). The molecule has 7 heteroatoms. The Bertz CT molecular complexity index is 1150. The number of thioether (sulfide) groups is 1. The Kier molecular flexibility index (Phi) is 5.60. The van der Waals surface area contributed by atoms with Crippen molar-refractivity contribution in [1.29, 1.82) is 5.41 Å². The van der Waals surface area contributed by atoms with Crippen molar-refractivity contribution in [2.24, 2.45) is 0 Å². The number of amides is 1. The fraction of sp³-hybridized carbons (Fsp3) is 0.0909. The van der Waals surface area contributed by atoms with E-state index in [1.54, 1.807) is 13.2 Å². The number of ether oxygens (including phenoxy) is 2. The number of nitrogens with one attached hydrogen (secondary N) is 2. The lowest BCUT2D eigenvalue weighted by Gasteiger charge is -2.15. The van der Waals surface area contributed by atoms with Crippen molar-refractivity contribution in [3.05, 3.63) is 75.1 Å². The van der Waals surface area contributed by atoms with Crippen LogP contribution in [0.15, 0.2) is 64.0 Å². The normalized spacial score (nSPS) is 15.0. The summed E-state index contributed by atoms with van der Waals surface area (Å²) < 4.78 is 12.4. The zero-order valence-electron chi connectivity index (χ0n) is 15.5. The van der Waals surface area contributed by atoms with Crippen LogP contribution in [0.2, 0.25) is 0 Å². The van der Waals surface area contributed by atoms with E-state index in [-0.39, 0.29) is 11.1 Å². The fourth-order valence-corrected chi connectivity index (χ4v) is 4.40. The molecule has 3 aromatic rings. The molecule has 0 atom stereocenters.